The molecule has 0 saturated carbocycles. The maximum absolute atomic E-state index is 12.6. The van der Waals surface area contributed by atoms with E-state index in [2.05, 4.69) is 4.98 Å². The number of sulfonamides is 1. The Morgan fingerprint density at radius 2 is 2.04 bits per heavy atom. The molecule has 0 radical (unpaired) electrons. The van der Waals surface area contributed by atoms with E-state index in [-0.39, 0.29) is 12.1 Å². The fourth-order valence-electron chi connectivity index (χ4n) is 2.82. The zero-order valence-electron chi connectivity index (χ0n) is 13.3. The minimum atomic E-state index is -3.27. The fraction of sp³-hybridized carbons (Fsp3) is 0.375. The molecule has 1 aliphatic heterocycles. The highest BCUT2D eigenvalue weighted by molar-refractivity contribution is 7.88. The van der Waals surface area contributed by atoms with Crippen LogP contribution in [0.1, 0.15) is 16.8 Å². The Balaban J connectivity index is 1.81. The van der Waals surface area contributed by atoms with Crippen LogP contribution in [-0.2, 0) is 36.0 Å². The monoisotopic (exact) mass is 367 g/mol. The molecule has 1 aromatic carbocycles. The first kappa shape index (κ1) is 17.1. The van der Waals surface area contributed by atoms with Crippen LogP contribution in [0, 0.1) is 0 Å². The van der Waals surface area contributed by atoms with E-state index in [9.17, 15) is 13.2 Å². The lowest BCUT2D eigenvalue weighted by molar-refractivity contribution is 0.384. The third kappa shape index (κ3) is 3.53. The van der Waals surface area contributed by atoms with Crippen molar-refractivity contribution in [1.82, 2.24) is 13.9 Å². The lowest BCUT2D eigenvalue weighted by atomic mass is 10.1. The van der Waals surface area contributed by atoms with E-state index in [1.807, 2.05) is 24.3 Å². The number of fused-ring (bicyclic) bond motifs is 1. The van der Waals surface area contributed by atoms with Crippen LogP contribution in [0.25, 0.3) is 0 Å². The van der Waals surface area contributed by atoms with Gasteiger partial charge in [0, 0.05) is 23.7 Å². The quantitative estimate of drug-likeness (QED) is 0.820. The largest absolute Gasteiger partial charge is 0.299 e. The number of aromatic nitrogens is 2. The van der Waals surface area contributed by atoms with Gasteiger partial charge in [0.1, 0.15) is 0 Å². The Morgan fingerprint density at radius 3 is 2.75 bits per heavy atom. The van der Waals surface area contributed by atoms with Gasteiger partial charge in [0.25, 0.3) is 5.56 Å². The first-order chi connectivity index (χ1) is 11.4. The third-order valence-corrected chi connectivity index (χ3v) is 5.82. The molecule has 0 fully saturated rings. The number of halogens is 1. The highest BCUT2D eigenvalue weighted by atomic mass is 35.5. The van der Waals surface area contributed by atoms with Crippen molar-refractivity contribution in [3.63, 3.8) is 0 Å². The molecule has 128 valence electrons. The summed E-state index contributed by atoms with van der Waals surface area (Å²) in [6, 6.07) is 7.54. The molecule has 1 aromatic heterocycles. The summed E-state index contributed by atoms with van der Waals surface area (Å²) in [4.78, 5) is 16.9. The van der Waals surface area contributed by atoms with Crippen LogP contribution in [0.3, 0.4) is 0 Å². The van der Waals surface area contributed by atoms with Gasteiger partial charge in [-0.1, -0.05) is 29.8 Å². The molecule has 0 unspecified atom stereocenters. The average Bonchev–Trinajstić information content (AvgIpc) is 2.54. The average molecular weight is 368 g/mol. The first-order valence-electron chi connectivity index (χ1n) is 7.62. The summed E-state index contributed by atoms with van der Waals surface area (Å²) in [6.45, 7) is 0.963. The Bertz CT molecular complexity index is 924. The smallest absolute Gasteiger partial charge is 0.256 e. The Kier molecular flexibility index (Phi) is 4.76. The SMILES string of the molecule is CS(=O)(=O)N1CCc2c(ncn(CCc3ccccc3Cl)c2=O)C1. The molecule has 3 rings (SSSR count). The molecule has 8 heteroatoms. The normalized spacial score (nSPS) is 15.2. The van der Waals surface area contributed by atoms with E-state index in [0.717, 1.165) is 5.56 Å². The van der Waals surface area contributed by atoms with Gasteiger partial charge in [0.05, 0.1) is 24.8 Å². The Morgan fingerprint density at radius 1 is 1.29 bits per heavy atom. The zero-order chi connectivity index (χ0) is 17.3. The van der Waals surface area contributed by atoms with Crippen LogP contribution >= 0.6 is 11.6 Å². The molecular formula is C16H18ClN3O3S. The van der Waals surface area contributed by atoms with Crippen LogP contribution in [-0.4, -0.2) is 35.1 Å². The van der Waals surface area contributed by atoms with Gasteiger partial charge in [-0.05, 0) is 24.5 Å². The Labute approximate surface area is 145 Å². The summed E-state index contributed by atoms with van der Waals surface area (Å²) < 4.78 is 26.2. The van der Waals surface area contributed by atoms with Crippen molar-refractivity contribution in [1.29, 1.82) is 0 Å². The maximum atomic E-state index is 12.6. The molecule has 6 nitrogen and oxygen atoms in total. The van der Waals surface area contributed by atoms with Gasteiger partial charge < -0.3 is 0 Å². The van der Waals surface area contributed by atoms with Crippen molar-refractivity contribution < 1.29 is 8.42 Å². The van der Waals surface area contributed by atoms with Gasteiger partial charge in [0.2, 0.25) is 10.0 Å². The fourth-order valence-corrected chi connectivity index (χ4v) is 3.83. The van der Waals surface area contributed by atoms with Crippen LogP contribution in [0.15, 0.2) is 35.4 Å². The van der Waals surface area contributed by atoms with Crippen LogP contribution in [0.4, 0.5) is 0 Å². The van der Waals surface area contributed by atoms with Crippen LogP contribution in [0.5, 0.6) is 0 Å². The van der Waals surface area contributed by atoms with E-state index in [0.29, 0.717) is 42.2 Å². The minimum Gasteiger partial charge on any atom is -0.299 e. The lowest BCUT2D eigenvalue weighted by Gasteiger charge is -2.25. The third-order valence-electron chi connectivity index (χ3n) is 4.21. The molecule has 0 spiro atoms. The highest BCUT2D eigenvalue weighted by Gasteiger charge is 2.26. The molecule has 1 aliphatic rings. The predicted molar refractivity (Wildman–Crippen MR) is 92.6 cm³/mol. The van der Waals surface area contributed by atoms with Crippen molar-refractivity contribution in [2.45, 2.75) is 25.9 Å². The molecule has 24 heavy (non-hydrogen) atoms. The first-order valence-corrected chi connectivity index (χ1v) is 9.84. The second-order valence-electron chi connectivity index (χ2n) is 5.86. The van der Waals surface area contributed by atoms with E-state index in [4.69, 9.17) is 11.6 Å². The number of rotatable bonds is 4. The van der Waals surface area contributed by atoms with Crippen molar-refractivity contribution in [2.24, 2.45) is 0 Å². The van der Waals surface area contributed by atoms with E-state index in [1.54, 1.807) is 4.57 Å². The molecule has 0 saturated heterocycles. The van der Waals surface area contributed by atoms with Gasteiger partial charge in [-0.25, -0.2) is 13.4 Å². The lowest BCUT2D eigenvalue weighted by Crippen LogP contribution is -2.39. The number of nitrogens with zero attached hydrogens (tertiary/aromatic N) is 3. The standard InChI is InChI=1S/C16H18ClN3O3S/c1-24(22,23)20-9-7-13-15(10-20)18-11-19(16(13)21)8-6-12-4-2-3-5-14(12)17/h2-5,11H,6-10H2,1H3. The second kappa shape index (κ2) is 6.66. The van der Waals surface area contributed by atoms with Gasteiger partial charge >= 0.3 is 0 Å². The summed E-state index contributed by atoms with van der Waals surface area (Å²) in [5.74, 6) is 0. The minimum absolute atomic E-state index is 0.0970. The number of benzene rings is 1. The Hall–Kier alpha value is -1.70. The van der Waals surface area contributed by atoms with Crippen molar-refractivity contribution in [3.8, 4) is 0 Å². The molecule has 0 bridgehead atoms. The molecule has 2 aromatic rings. The van der Waals surface area contributed by atoms with Gasteiger partial charge in [-0.2, -0.15) is 4.31 Å². The van der Waals surface area contributed by atoms with Crippen molar-refractivity contribution in [3.05, 3.63) is 62.8 Å². The van der Waals surface area contributed by atoms with Gasteiger partial charge in [-0.15, -0.1) is 0 Å². The number of hydrogen-bond acceptors (Lipinski definition) is 4. The maximum Gasteiger partial charge on any atom is 0.256 e. The van der Waals surface area contributed by atoms with Gasteiger partial charge in [-0.3, -0.25) is 9.36 Å². The van der Waals surface area contributed by atoms with E-state index < -0.39 is 10.0 Å². The van der Waals surface area contributed by atoms with Crippen LogP contribution < -0.4 is 5.56 Å². The summed E-state index contributed by atoms with van der Waals surface area (Å²) in [5, 5.41) is 0.681. The number of hydrogen-bond donors (Lipinski definition) is 0. The molecule has 2 heterocycles. The summed E-state index contributed by atoms with van der Waals surface area (Å²) in [5.41, 5.74) is 2.04. The van der Waals surface area contributed by atoms with E-state index >= 15 is 0 Å². The molecule has 0 N–H and O–H groups in total. The summed E-state index contributed by atoms with van der Waals surface area (Å²) in [7, 11) is -3.27. The topological polar surface area (TPSA) is 72.3 Å². The van der Waals surface area contributed by atoms with Crippen molar-refractivity contribution in [2.75, 3.05) is 12.8 Å². The molecule has 0 atom stereocenters. The molecule has 0 aliphatic carbocycles. The molecular weight excluding hydrogens is 350 g/mol. The van der Waals surface area contributed by atoms with Crippen LogP contribution in [0.2, 0.25) is 5.02 Å². The van der Waals surface area contributed by atoms with Gasteiger partial charge in [0.15, 0.2) is 0 Å². The van der Waals surface area contributed by atoms with Crippen molar-refractivity contribution >= 4 is 21.6 Å². The zero-order valence-corrected chi connectivity index (χ0v) is 14.8. The molecule has 0 amide bonds. The second-order valence-corrected chi connectivity index (χ2v) is 8.25. The number of aryl methyl sites for hydroxylation is 2. The summed E-state index contributed by atoms with van der Waals surface area (Å²) in [6.07, 6.45) is 3.68. The predicted octanol–water partition coefficient (Wildman–Crippen LogP) is 1.46. The summed E-state index contributed by atoms with van der Waals surface area (Å²) >= 11 is 6.14. The van der Waals surface area contributed by atoms with E-state index in [1.165, 1.54) is 16.9 Å². The highest BCUT2D eigenvalue weighted by Crippen LogP contribution is 2.17.